The van der Waals surface area contributed by atoms with Crippen molar-refractivity contribution in [3.8, 4) is 0 Å². The van der Waals surface area contributed by atoms with Crippen LogP contribution in [0.3, 0.4) is 0 Å². The number of nitro benzene ring substituents is 1. The van der Waals surface area contributed by atoms with Gasteiger partial charge < -0.3 is 4.90 Å². The lowest BCUT2D eigenvalue weighted by molar-refractivity contribution is -0.385. The van der Waals surface area contributed by atoms with Crippen molar-refractivity contribution in [1.29, 1.82) is 0 Å². The summed E-state index contributed by atoms with van der Waals surface area (Å²) in [5.74, 6) is -0.428. The van der Waals surface area contributed by atoms with E-state index in [4.69, 9.17) is 11.6 Å². The van der Waals surface area contributed by atoms with E-state index < -0.39 is 10.8 Å². The molecule has 0 aliphatic rings. The third-order valence-corrected chi connectivity index (χ3v) is 4.35. The van der Waals surface area contributed by atoms with Gasteiger partial charge in [0.2, 0.25) is 0 Å². The topological polar surface area (TPSA) is 76.3 Å². The monoisotopic (exact) mass is 339 g/mol. The second-order valence-electron chi connectivity index (χ2n) is 4.73. The minimum absolute atomic E-state index is 0.00433. The van der Waals surface area contributed by atoms with E-state index in [1.54, 1.807) is 24.6 Å². The molecule has 1 aromatic heterocycles. The molecule has 0 unspecified atom stereocenters. The molecule has 0 radical (unpaired) electrons. The van der Waals surface area contributed by atoms with E-state index in [1.807, 2.05) is 6.92 Å². The van der Waals surface area contributed by atoms with Gasteiger partial charge in [0.15, 0.2) is 0 Å². The van der Waals surface area contributed by atoms with Crippen molar-refractivity contribution in [2.24, 2.45) is 0 Å². The van der Waals surface area contributed by atoms with Crippen molar-refractivity contribution in [2.45, 2.75) is 13.3 Å². The maximum absolute atomic E-state index is 12.4. The van der Waals surface area contributed by atoms with Crippen LogP contribution in [-0.4, -0.2) is 34.3 Å². The zero-order chi connectivity index (χ0) is 16.3. The number of carbonyl (C=O) groups is 1. The van der Waals surface area contributed by atoms with Crippen LogP contribution in [0.25, 0.3) is 0 Å². The first-order valence-electron chi connectivity index (χ1n) is 6.50. The van der Waals surface area contributed by atoms with Gasteiger partial charge in [-0.2, -0.15) is 0 Å². The van der Waals surface area contributed by atoms with E-state index in [9.17, 15) is 14.9 Å². The van der Waals surface area contributed by atoms with E-state index in [1.165, 1.54) is 23.1 Å². The summed E-state index contributed by atoms with van der Waals surface area (Å²) in [5, 5.41) is 12.0. The highest BCUT2D eigenvalue weighted by atomic mass is 35.5. The van der Waals surface area contributed by atoms with E-state index in [0.29, 0.717) is 13.0 Å². The number of nitrogens with zero attached hydrogens (tertiary/aromatic N) is 3. The number of hydrogen-bond donors (Lipinski definition) is 0. The molecule has 0 fully saturated rings. The molecule has 0 N–H and O–H groups in total. The van der Waals surface area contributed by atoms with Gasteiger partial charge >= 0.3 is 5.69 Å². The third kappa shape index (κ3) is 3.61. The van der Waals surface area contributed by atoms with Crippen molar-refractivity contribution in [3.05, 3.63) is 55.0 Å². The molecule has 6 nitrogen and oxygen atoms in total. The lowest BCUT2D eigenvalue weighted by Gasteiger charge is -2.16. The Hall–Kier alpha value is -1.99. The van der Waals surface area contributed by atoms with Crippen LogP contribution in [0.5, 0.6) is 0 Å². The lowest BCUT2D eigenvalue weighted by atomic mass is 10.1. The number of carbonyl (C=O) groups excluding carboxylic acids is 1. The molecule has 22 heavy (non-hydrogen) atoms. The molecular formula is C14H14ClN3O3S. The molecule has 0 aliphatic heterocycles. The standard InChI is InChI=1S/C14H14ClN3O3S/c1-9-8-16-12(22-9)6-7-17(2)14(19)10-4-3-5-11(15)13(10)18(20)21/h3-5,8H,6-7H2,1-2H3. The molecule has 1 aromatic carbocycles. The maximum atomic E-state index is 12.4. The fraction of sp³-hybridized carbons (Fsp3) is 0.286. The number of rotatable bonds is 5. The van der Waals surface area contributed by atoms with Crippen LogP contribution < -0.4 is 0 Å². The Kier molecular flexibility index (Phi) is 5.10. The van der Waals surface area contributed by atoms with Crippen LogP contribution in [0.1, 0.15) is 20.2 Å². The van der Waals surface area contributed by atoms with Gasteiger partial charge in [-0.25, -0.2) is 4.98 Å². The van der Waals surface area contributed by atoms with Gasteiger partial charge in [-0.15, -0.1) is 11.3 Å². The number of nitro groups is 1. The molecule has 1 amide bonds. The number of aryl methyl sites for hydroxylation is 1. The molecule has 8 heteroatoms. The molecule has 0 aliphatic carbocycles. The summed E-state index contributed by atoms with van der Waals surface area (Å²) in [6.45, 7) is 2.39. The molecule has 1 heterocycles. The Bertz CT molecular complexity index is 717. The Morgan fingerprint density at radius 2 is 2.23 bits per heavy atom. The van der Waals surface area contributed by atoms with Gasteiger partial charge in [-0.3, -0.25) is 14.9 Å². The first-order valence-corrected chi connectivity index (χ1v) is 7.69. The summed E-state index contributed by atoms with van der Waals surface area (Å²) < 4.78 is 0. The molecule has 0 atom stereocenters. The average Bonchev–Trinajstić information content (AvgIpc) is 2.89. The number of likely N-dealkylation sites (N-methyl/N-ethyl adjacent to an activating group) is 1. The summed E-state index contributed by atoms with van der Waals surface area (Å²) in [6, 6.07) is 4.34. The molecule has 0 saturated heterocycles. The SMILES string of the molecule is Cc1cnc(CCN(C)C(=O)c2cccc(Cl)c2[N+](=O)[O-])s1. The highest BCUT2D eigenvalue weighted by Crippen LogP contribution is 2.29. The van der Waals surface area contributed by atoms with Gasteiger partial charge in [-0.1, -0.05) is 17.7 Å². The first kappa shape index (κ1) is 16.4. The van der Waals surface area contributed by atoms with Crippen molar-refractivity contribution in [2.75, 3.05) is 13.6 Å². The summed E-state index contributed by atoms with van der Waals surface area (Å²) >= 11 is 7.40. The Morgan fingerprint density at radius 3 is 2.82 bits per heavy atom. The highest BCUT2D eigenvalue weighted by molar-refractivity contribution is 7.11. The summed E-state index contributed by atoms with van der Waals surface area (Å²) in [7, 11) is 1.60. The molecule has 116 valence electrons. The molecule has 0 bridgehead atoms. The van der Waals surface area contributed by atoms with Crippen LogP contribution in [0.15, 0.2) is 24.4 Å². The minimum atomic E-state index is -0.631. The van der Waals surface area contributed by atoms with Crippen molar-refractivity contribution in [3.63, 3.8) is 0 Å². The number of hydrogen-bond acceptors (Lipinski definition) is 5. The number of aromatic nitrogens is 1. The van der Waals surface area contributed by atoms with Gasteiger partial charge in [0.05, 0.1) is 9.93 Å². The van der Waals surface area contributed by atoms with Crippen LogP contribution in [0.2, 0.25) is 5.02 Å². The third-order valence-electron chi connectivity index (χ3n) is 3.08. The number of halogens is 1. The fourth-order valence-electron chi connectivity index (χ4n) is 1.96. The van der Waals surface area contributed by atoms with Crippen molar-refractivity contribution < 1.29 is 9.72 Å². The zero-order valence-corrected chi connectivity index (χ0v) is 13.6. The summed E-state index contributed by atoms with van der Waals surface area (Å²) in [6.07, 6.45) is 2.39. The van der Waals surface area contributed by atoms with Gasteiger partial charge in [0.1, 0.15) is 10.6 Å². The number of amides is 1. The smallest absolute Gasteiger partial charge is 0.300 e. The molecule has 0 spiro atoms. The predicted octanol–water partition coefficient (Wildman–Crippen LogP) is 3.33. The molecule has 2 aromatic rings. The summed E-state index contributed by atoms with van der Waals surface area (Å²) in [4.78, 5) is 29.6. The Labute approximate surface area is 136 Å². The number of benzene rings is 1. The second kappa shape index (κ2) is 6.85. The van der Waals surface area contributed by atoms with Crippen molar-refractivity contribution in [1.82, 2.24) is 9.88 Å². The Balaban J connectivity index is 2.14. The zero-order valence-electron chi connectivity index (χ0n) is 12.1. The summed E-state index contributed by atoms with van der Waals surface area (Å²) in [5.41, 5.74) is -0.360. The van der Waals surface area contributed by atoms with Gasteiger partial charge in [-0.05, 0) is 19.1 Å². The first-order chi connectivity index (χ1) is 10.4. The number of thiazole rings is 1. The lowest BCUT2D eigenvalue weighted by Crippen LogP contribution is -2.29. The maximum Gasteiger partial charge on any atom is 0.300 e. The van der Waals surface area contributed by atoms with Crippen LogP contribution in [0.4, 0.5) is 5.69 Å². The molecular weight excluding hydrogens is 326 g/mol. The van der Waals surface area contributed by atoms with Crippen LogP contribution >= 0.6 is 22.9 Å². The van der Waals surface area contributed by atoms with E-state index >= 15 is 0 Å². The van der Waals surface area contributed by atoms with E-state index in [-0.39, 0.29) is 16.3 Å². The predicted molar refractivity (Wildman–Crippen MR) is 85.6 cm³/mol. The largest absolute Gasteiger partial charge is 0.341 e. The van der Waals surface area contributed by atoms with E-state index in [0.717, 1.165) is 9.88 Å². The van der Waals surface area contributed by atoms with Crippen LogP contribution in [-0.2, 0) is 6.42 Å². The molecule has 0 saturated carbocycles. The quantitative estimate of drug-likeness (QED) is 0.618. The normalized spacial score (nSPS) is 10.5. The minimum Gasteiger partial charge on any atom is -0.341 e. The van der Waals surface area contributed by atoms with Gasteiger partial charge in [0.25, 0.3) is 5.91 Å². The molecule has 2 rings (SSSR count). The number of para-hydroxylation sites is 1. The average molecular weight is 340 g/mol. The highest BCUT2D eigenvalue weighted by Gasteiger charge is 2.25. The van der Waals surface area contributed by atoms with Gasteiger partial charge in [0, 0.05) is 31.1 Å². The Morgan fingerprint density at radius 1 is 1.50 bits per heavy atom. The van der Waals surface area contributed by atoms with E-state index in [2.05, 4.69) is 4.98 Å². The van der Waals surface area contributed by atoms with Crippen LogP contribution in [0, 0.1) is 17.0 Å². The second-order valence-corrected chi connectivity index (χ2v) is 6.46. The van der Waals surface area contributed by atoms with Crippen molar-refractivity contribution >= 4 is 34.5 Å². The fourth-order valence-corrected chi connectivity index (χ4v) is 2.98.